The summed E-state index contributed by atoms with van der Waals surface area (Å²) in [6.45, 7) is 3.78. The Morgan fingerprint density at radius 3 is 2.24 bits per heavy atom. The maximum absolute atomic E-state index is 12.9. The molecule has 2 aromatic rings. The van der Waals surface area contributed by atoms with Crippen molar-refractivity contribution in [1.82, 2.24) is 9.80 Å². The van der Waals surface area contributed by atoms with E-state index in [0.717, 1.165) is 5.75 Å². The number of morpholine rings is 1. The number of carbonyl (C=O) groups excluding carboxylic acids is 2. The van der Waals surface area contributed by atoms with Gasteiger partial charge in [0, 0.05) is 37.7 Å². The second-order valence-corrected chi connectivity index (χ2v) is 7.45. The summed E-state index contributed by atoms with van der Waals surface area (Å²) < 4.78 is 11.2. The highest BCUT2D eigenvalue weighted by molar-refractivity contribution is 5.94. The first-order chi connectivity index (χ1) is 14.2. The molecule has 0 radical (unpaired) electrons. The fraction of sp³-hybridized carbons (Fsp3) is 0.391. The first-order valence-electron chi connectivity index (χ1n) is 10.2. The molecule has 4 rings (SSSR count). The lowest BCUT2D eigenvalue weighted by Gasteiger charge is -2.35. The first-order valence-corrected chi connectivity index (χ1v) is 10.2. The third-order valence-electron chi connectivity index (χ3n) is 5.51. The predicted molar refractivity (Wildman–Crippen MR) is 109 cm³/mol. The number of para-hydroxylation sites is 1. The monoisotopic (exact) mass is 394 g/mol. The zero-order valence-corrected chi connectivity index (χ0v) is 16.5. The molecule has 2 aliphatic heterocycles. The Hall–Kier alpha value is -2.86. The van der Waals surface area contributed by atoms with E-state index in [4.69, 9.17) is 9.47 Å². The summed E-state index contributed by atoms with van der Waals surface area (Å²) in [6, 6.07) is 16.8. The smallest absolute Gasteiger partial charge is 0.253 e. The summed E-state index contributed by atoms with van der Waals surface area (Å²) in [4.78, 5) is 29.3. The van der Waals surface area contributed by atoms with Gasteiger partial charge in [0.05, 0.1) is 13.2 Å². The SMILES string of the molecule is O=C(c1cccc(Oc2ccccc2)c1)N1CCC(C(=O)N2CCOCC2)CC1. The van der Waals surface area contributed by atoms with Crippen LogP contribution >= 0.6 is 0 Å². The fourth-order valence-corrected chi connectivity index (χ4v) is 3.87. The number of likely N-dealkylation sites (tertiary alicyclic amines) is 1. The summed E-state index contributed by atoms with van der Waals surface area (Å²) in [5, 5.41) is 0. The summed E-state index contributed by atoms with van der Waals surface area (Å²) in [5.41, 5.74) is 0.608. The van der Waals surface area contributed by atoms with Gasteiger partial charge in [0.1, 0.15) is 11.5 Å². The lowest BCUT2D eigenvalue weighted by molar-refractivity contribution is -0.141. The van der Waals surface area contributed by atoms with Crippen LogP contribution in [0.5, 0.6) is 11.5 Å². The molecule has 0 aromatic heterocycles. The van der Waals surface area contributed by atoms with Crippen molar-refractivity contribution in [2.24, 2.45) is 5.92 Å². The molecule has 29 heavy (non-hydrogen) atoms. The Morgan fingerprint density at radius 2 is 1.52 bits per heavy atom. The van der Waals surface area contributed by atoms with E-state index in [-0.39, 0.29) is 17.7 Å². The molecule has 0 atom stereocenters. The van der Waals surface area contributed by atoms with E-state index in [9.17, 15) is 9.59 Å². The molecule has 2 saturated heterocycles. The van der Waals surface area contributed by atoms with Crippen molar-refractivity contribution in [3.05, 3.63) is 60.2 Å². The molecular weight excluding hydrogens is 368 g/mol. The number of benzene rings is 2. The molecule has 0 saturated carbocycles. The topological polar surface area (TPSA) is 59.1 Å². The van der Waals surface area contributed by atoms with Gasteiger partial charge in [0.15, 0.2) is 0 Å². The van der Waals surface area contributed by atoms with E-state index in [2.05, 4.69) is 0 Å². The quantitative estimate of drug-likeness (QED) is 0.799. The van der Waals surface area contributed by atoms with Crippen molar-refractivity contribution < 1.29 is 19.1 Å². The summed E-state index contributed by atoms with van der Waals surface area (Å²) >= 11 is 0. The van der Waals surface area contributed by atoms with Crippen LogP contribution in [-0.2, 0) is 9.53 Å². The van der Waals surface area contributed by atoms with E-state index >= 15 is 0 Å². The van der Waals surface area contributed by atoms with Crippen LogP contribution in [-0.4, -0.2) is 61.0 Å². The second-order valence-electron chi connectivity index (χ2n) is 7.45. The molecule has 0 spiro atoms. The molecule has 0 unspecified atom stereocenters. The summed E-state index contributed by atoms with van der Waals surface area (Å²) in [6.07, 6.45) is 1.42. The Bertz CT molecular complexity index is 841. The maximum Gasteiger partial charge on any atom is 0.253 e. The highest BCUT2D eigenvalue weighted by Crippen LogP contribution is 2.25. The molecule has 2 aromatic carbocycles. The third-order valence-corrected chi connectivity index (χ3v) is 5.51. The van der Waals surface area contributed by atoms with Crippen molar-refractivity contribution in [2.45, 2.75) is 12.8 Å². The van der Waals surface area contributed by atoms with Crippen molar-refractivity contribution in [3.8, 4) is 11.5 Å². The van der Waals surface area contributed by atoms with Crippen molar-refractivity contribution in [2.75, 3.05) is 39.4 Å². The van der Waals surface area contributed by atoms with Crippen molar-refractivity contribution in [1.29, 1.82) is 0 Å². The molecule has 0 aliphatic carbocycles. The summed E-state index contributed by atoms with van der Waals surface area (Å²) in [5.74, 6) is 1.57. The average Bonchev–Trinajstić information content (AvgIpc) is 2.80. The van der Waals surface area contributed by atoms with E-state index < -0.39 is 0 Å². The van der Waals surface area contributed by atoms with Gasteiger partial charge in [-0.15, -0.1) is 0 Å². The summed E-state index contributed by atoms with van der Waals surface area (Å²) in [7, 11) is 0. The Labute approximate surface area is 171 Å². The van der Waals surface area contributed by atoms with Crippen LogP contribution in [0.3, 0.4) is 0 Å². The van der Waals surface area contributed by atoms with Gasteiger partial charge in [-0.25, -0.2) is 0 Å². The minimum Gasteiger partial charge on any atom is -0.457 e. The average molecular weight is 394 g/mol. The van der Waals surface area contributed by atoms with Crippen LogP contribution in [0.25, 0.3) is 0 Å². The molecule has 2 aliphatic rings. The Morgan fingerprint density at radius 1 is 0.828 bits per heavy atom. The molecule has 2 amide bonds. The Kier molecular flexibility index (Phi) is 6.10. The maximum atomic E-state index is 12.9. The number of ether oxygens (including phenoxy) is 2. The number of carbonyl (C=O) groups is 2. The fourth-order valence-electron chi connectivity index (χ4n) is 3.87. The van der Waals surface area contributed by atoms with Crippen LogP contribution < -0.4 is 4.74 Å². The number of amides is 2. The van der Waals surface area contributed by atoms with E-state index in [1.54, 1.807) is 6.07 Å². The van der Waals surface area contributed by atoms with Crippen LogP contribution in [0.2, 0.25) is 0 Å². The Balaban J connectivity index is 1.34. The standard InChI is InChI=1S/C23H26N2O4/c26-22(25-13-15-28-16-14-25)18-9-11-24(12-10-18)23(27)19-5-4-8-21(17-19)29-20-6-2-1-3-7-20/h1-8,17-18H,9-16H2. The number of hydrogen-bond acceptors (Lipinski definition) is 4. The minimum absolute atomic E-state index is 0.00454. The zero-order chi connectivity index (χ0) is 20.1. The molecule has 2 fully saturated rings. The van der Waals surface area contributed by atoms with Crippen LogP contribution in [0.4, 0.5) is 0 Å². The molecular formula is C23H26N2O4. The van der Waals surface area contributed by atoms with E-state index in [0.29, 0.717) is 63.5 Å². The zero-order valence-electron chi connectivity index (χ0n) is 16.5. The lowest BCUT2D eigenvalue weighted by Crippen LogP contribution is -2.47. The largest absolute Gasteiger partial charge is 0.457 e. The van der Waals surface area contributed by atoms with Gasteiger partial charge in [-0.05, 0) is 43.2 Å². The predicted octanol–water partition coefficient (Wildman–Crippen LogP) is 3.19. The van der Waals surface area contributed by atoms with Crippen molar-refractivity contribution in [3.63, 3.8) is 0 Å². The van der Waals surface area contributed by atoms with Gasteiger partial charge in [0.2, 0.25) is 5.91 Å². The van der Waals surface area contributed by atoms with Gasteiger partial charge in [0.25, 0.3) is 5.91 Å². The lowest BCUT2D eigenvalue weighted by atomic mass is 9.94. The first kappa shape index (κ1) is 19.5. The third kappa shape index (κ3) is 4.77. The molecule has 0 bridgehead atoms. The molecule has 6 nitrogen and oxygen atoms in total. The number of hydrogen-bond donors (Lipinski definition) is 0. The van der Waals surface area contributed by atoms with Crippen LogP contribution in [0, 0.1) is 5.92 Å². The molecule has 0 N–H and O–H groups in total. The highest BCUT2D eigenvalue weighted by atomic mass is 16.5. The van der Waals surface area contributed by atoms with Gasteiger partial charge >= 0.3 is 0 Å². The van der Waals surface area contributed by atoms with Crippen LogP contribution in [0.1, 0.15) is 23.2 Å². The van der Waals surface area contributed by atoms with E-state index in [1.165, 1.54) is 0 Å². The molecule has 2 heterocycles. The highest BCUT2D eigenvalue weighted by Gasteiger charge is 2.31. The van der Waals surface area contributed by atoms with Gasteiger partial charge in [-0.3, -0.25) is 9.59 Å². The number of rotatable bonds is 4. The number of nitrogens with zero attached hydrogens (tertiary/aromatic N) is 2. The number of piperidine rings is 1. The minimum atomic E-state index is -0.0132. The van der Waals surface area contributed by atoms with Crippen LogP contribution in [0.15, 0.2) is 54.6 Å². The van der Waals surface area contributed by atoms with Gasteiger partial charge in [-0.1, -0.05) is 24.3 Å². The van der Waals surface area contributed by atoms with E-state index in [1.807, 2.05) is 58.3 Å². The van der Waals surface area contributed by atoms with Crippen molar-refractivity contribution >= 4 is 11.8 Å². The normalized spacial score (nSPS) is 17.8. The molecule has 6 heteroatoms. The van der Waals surface area contributed by atoms with Gasteiger partial charge < -0.3 is 19.3 Å². The van der Waals surface area contributed by atoms with Gasteiger partial charge in [-0.2, -0.15) is 0 Å². The molecule has 152 valence electrons. The second kappa shape index (κ2) is 9.09.